The van der Waals surface area contributed by atoms with E-state index in [0.717, 1.165) is 19.4 Å². The largest absolute Gasteiger partial charge is 0.386 e. The van der Waals surface area contributed by atoms with Crippen LogP contribution < -0.4 is 10.2 Å². The number of hydrogen-bond donors (Lipinski definition) is 2. The second kappa shape index (κ2) is 7.61. The molecular weight excluding hydrogens is 316 g/mol. The third-order valence-corrected chi connectivity index (χ3v) is 4.59. The Morgan fingerprint density at radius 2 is 2.00 bits per heavy atom. The predicted molar refractivity (Wildman–Crippen MR) is 96.6 cm³/mol. The molecule has 25 heavy (non-hydrogen) atoms. The molecule has 0 saturated carbocycles. The predicted octanol–water partition coefficient (Wildman–Crippen LogP) is 1.80. The van der Waals surface area contributed by atoms with Crippen molar-refractivity contribution in [2.24, 2.45) is 0 Å². The van der Waals surface area contributed by atoms with Gasteiger partial charge in [-0.25, -0.2) is 9.97 Å². The molecular formula is C19H24N4O2. The zero-order chi connectivity index (χ0) is 17.7. The van der Waals surface area contributed by atoms with Gasteiger partial charge in [0.1, 0.15) is 0 Å². The van der Waals surface area contributed by atoms with Gasteiger partial charge in [0.2, 0.25) is 5.95 Å². The molecule has 1 saturated heterocycles. The Kier molecular flexibility index (Phi) is 5.28. The van der Waals surface area contributed by atoms with E-state index < -0.39 is 5.60 Å². The number of aromatic nitrogens is 2. The van der Waals surface area contributed by atoms with E-state index in [0.29, 0.717) is 24.5 Å². The first-order valence-electron chi connectivity index (χ1n) is 8.71. The number of nitrogens with zero attached hydrogens (tertiary/aromatic N) is 3. The van der Waals surface area contributed by atoms with Gasteiger partial charge in [0, 0.05) is 31.0 Å². The first-order chi connectivity index (χ1) is 12.1. The minimum atomic E-state index is -0.976. The normalized spacial score (nSPS) is 20.3. The van der Waals surface area contributed by atoms with Crippen LogP contribution in [0.5, 0.6) is 0 Å². The number of anilines is 1. The van der Waals surface area contributed by atoms with Crippen LogP contribution in [0, 0.1) is 0 Å². The van der Waals surface area contributed by atoms with Crippen LogP contribution in [0.15, 0.2) is 42.7 Å². The molecule has 2 aromatic rings. The molecule has 1 aliphatic rings. The van der Waals surface area contributed by atoms with Gasteiger partial charge in [0.05, 0.1) is 12.1 Å². The maximum Gasteiger partial charge on any atom is 0.251 e. The van der Waals surface area contributed by atoms with E-state index in [1.807, 2.05) is 29.2 Å². The van der Waals surface area contributed by atoms with Gasteiger partial charge in [-0.05, 0) is 43.0 Å². The lowest BCUT2D eigenvalue weighted by atomic mass is 9.93. The number of piperidine rings is 1. The van der Waals surface area contributed by atoms with Crippen LogP contribution >= 0.6 is 0 Å². The quantitative estimate of drug-likeness (QED) is 0.868. The van der Waals surface area contributed by atoms with Gasteiger partial charge in [-0.2, -0.15) is 0 Å². The maximum absolute atomic E-state index is 12.3. The van der Waals surface area contributed by atoms with Crippen molar-refractivity contribution in [2.45, 2.75) is 31.8 Å². The molecule has 3 rings (SSSR count). The molecule has 6 heteroatoms. The third-order valence-electron chi connectivity index (χ3n) is 4.59. The standard InChI is InChI=1S/C19H24N4O2/c1-2-15-5-7-16(8-6-15)17(24)22-13-19(25)9-3-12-23(14-19)18-20-10-4-11-21-18/h4-8,10-11,25H,2-3,9,12-14H2,1H3,(H,22,24). The number of carbonyl (C=O) groups excluding carboxylic acids is 1. The number of benzene rings is 1. The van der Waals surface area contributed by atoms with Gasteiger partial charge in [-0.15, -0.1) is 0 Å². The second-order valence-electron chi connectivity index (χ2n) is 6.53. The summed E-state index contributed by atoms with van der Waals surface area (Å²) in [6.07, 6.45) is 5.80. The molecule has 1 aliphatic heterocycles. The van der Waals surface area contributed by atoms with Crippen molar-refractivity contribution in [2.75, 3.05) is 24.5 Å². The number of amides is 1. The van der Waals surface area contributed by atoms with Crippen molar-refractivity contribution >= 4 is 11.9 Å². The minimum Gasteiger partial charge on any atom is -0.386 e. The Bertz CT molecular complexity index is 705. The van der Waals surface area contributed by atoms with E-state index >= 15 is 0 Å². The number of nitrogens with one attached hydrogen (secondary N) is 1. The van der Waals surface area contributed by atoms with Crippen LogP contribution in [-0.4, -0.2) is 46.2 Å². The van der Waals surface area contributed by atoms with Crippen molar-refractivity contribution in [1.82, 2.24) is 15.3 Å². The van der Waals surface area contributed by atoms with Crippen molar-refractivity contribution in [3.8, 4) is 0 Å². The van der Waals surface area contributed by atoms with Crippen LogP contribution in [0.3, 0.4) is 0 Å². The number of aliphatic hydroxyl groups is 1. The summed E-state index contributed by atoms with van der Waals surface area (Å²) in [7, 11) is 0. The average Bonchev–Trinajstić information content (AvgIpc) is 2.67. The fraction of sp³-hybridized carbons (Fsp3) is 0.421. The lowest BCUT2D eigenvalue weighted by Crippen LogP contribution is -2.54. The zero-order valence-electron chi connectivity index (χ0n) is 14.5. The minimum absolute atomic E-state index is 0.163. The number of β-amino-alcohol motifs (C(OH)–C–C–N with tert-alkyl or cyclic N) is 1. The molecule has 6 nitrogen and oxygen atoms in total. The maximum atomic E-state index is 12.3. The van der Waals surface area contributed by atoms with Crippen molar-refractivity contribution in [1.29, 1.82) is 0 Å². The van der Waals surface area contributed by atoms with Crippen LogP contribution in [0.2, 0.25) is 0 Å². The summed E-state index contributed by atoms with van der Waals surface area (Å²) in [4.78, 5) is 22.8. The van der Waals surface area contributed by atoms with Crippen molar-refractivity contribution in [3.05, 3.63) is 53.9 Å². The molecule has 1 aromatic heterocycles. The number of aryl methyl sites for hydroxylation is 1. The average molecular weight is 340 g/mol. The number of carbonyl (C=O) groups is 1. The fourth-order valence-electron chi connectivity index (χ4n) is 3.12. The van der Waals surface area contributed by atoms with Crippen LogP contribution in [0.4, 0.5) is 5.95 Å². The molecule has 0 aliphatic carbocycles. The molecule has 2 N–H and O–H groups in total. The van der Waals surface area contributed by atoms with Gasteiger partial charge in [0.25, 0.3) is 5.91 Å². The summed E-state index contributed by atoms with van der Waals surface area (Å²) in [5.41, 5.74) is 0.831. The Labute approximate surface area is 147 Å². The Morgan fingerprint density at radius 3 is 2.68 bits per heavy atom. The van der Waals surface area contributed by atoms with Crippen LogP contribution in [0.1, 0.15) is 35.7 Å². The lowest BCUT2D eigenvalue weighted by Gasteiger charge is -2.39. The number of rotatable bonds is 5. The van der Waals surface area contributed by atoms with Crippen LogP contribution in [-0.2, 0) is 6.42 Å². The van der Waals surface area contributed by atoms with Gasteiger partial charge in [-0.1, -0.05) is 19.1 Å². The van der Waals surface area contributed by atoms with Gasteiger partial charge < -0.3 is 15.3 Å². The van der Waals surface area contributed by atoms with E-state index in [2.05, 4.69) is 22.2 Å². The highest BCUT2D eigenvalue weighted by molar-refractivity contribution is 5.94. The Morgan fingerprint density at radius 1 is 1.28 bits per heavy atom. The van der Waals surface area contributed by atoms with E-state index in [-0.39, 0.29) is 12.5 Å². The summed E-state index contributed by atoms with van der Waals surface area (Å²) in [5, 5.41) is 13.7. The van der Waals surface area contributed by atoms with Gasteiger partial charge in [-0.3, -0.25) is 4.79 Å². The monoisotopic (exact) mass is 340 g/mol. The van der Waals surface area contributed by atoms with Crippen molar-refractivity contribution < 1.29 is 9.90 Å². The van der Waals surface area contributed by atoms with Gasteiger partial charge in [0.15, 0.2) is 0 Å². The zero-order valence-corrected chi connectivity index (χ0v) is 14.5. The molecule has 1 atom stereocenters. The van der Waals surface area contributed by atoms with Gasteiger partial charge >= 0.3 is 0 Å². The Balaban J connectivity index is 1.60. The van der Waals surface area contributed by atoms with E-state index in [1.54, 1.807) is 18.5 Å². The first-order valence-corrected chi connectivity index (χ1v) is 8.71. The molecule has 0 bridgehead atoms. The van der Waals surface area contributed by atoms with Crippen molar-refractivity contribution in [3.63, 3.8) is 0 Å². The van der Waals surface area contributed by atoms with Crippen LogP contribution in [0.25, 0.3) is 0 Å². The molecule has 1 fully saturated rings. The highest BCUT2D eigenvalue weighted by atomic mass is 16.3. The molecule has 1 aromatic carbocycles. The molecule has 2 heterocycles. The first kappa shape index (κ1) is 17.4. The lowest BCUT2D eigenvalue weighted by molar-refractivity contribution is 0.0252. The second-order valence-corrected chi connectivity index (χ2v) is 6.53. The molecule has 0 spiro atoms. The molecule has 1 unspecified atom stereocenters. The molecule has 0 radical (unpaired) electrons. The number of hydrogen-bond acceptors (Lipinski definition) is 5. The molecule has 132 valence electrons. The summed E-state index contributed by atoms with van der Waals surface area (Å²) < 4.78 is 0. The summed E-state index contributed by atoms with van der Waals surface area (Å²) in [6, 6.07) is 9.33. The summed E-state index contributed by atoms with van der Waals surface area (Å²) in [6.45, 7) is 3.51. The third kappa shape index (κ3) is 4.33. The Hall–Kier alpha value is -2.47. The highest BCUT2D eigenvalue weighted by Crippen LogP contribution is 2.23. The van der Waals surface area contributed by atoms with E-state index in [4.69, 9.17) is 0 Å². The SMILES string of the molecule is CCc1ccc(C(=O)NCC2(O)CCCN(c3ncccn3)C2)cc1. The topological polar surface area (TPSA) is 78.4 Å². The fourth-order valence-corrected chi connectivity index (χ4v) is 3.12. The smallest absolute Gasteiger partial charge is 0.251 e. The summed E-state index contributed by atoms with van der Waals surface area (Å²) in [5.74, 6) is 0.450. The van der Waals surface area contributed by atoms with E-state index in [9.17, 15) is 9.90 Å². The summed E-state index contributed by atoms with van der Waals surface area (Å²) >= 11 is 0. The van der Waals surface area contributed by atoms with E-state index in [1.165, 1.54) is 5.56 Å². The molecule has 1 amide bonds. The highest BCUT2D eigenvalue weighted by Gasteiger charge is 2.34.